The highest BCUT2D eigenvalue weighted by Crippen LogP contribution is 2.26. The predicted octanol–water partition coefficient (Wildman–Crippen LogP) is 2.13. The van der Waals surface area contributed by atoms with Crippen LogP contribution in [0, 0.1) is 5.92 Å². The number of benzene rings is 2. The Morgan fingerprint density at radius 3 is 2.52 bits per heavy atom. The lowest BCUT2D eigenvalue weighted by molar-refractivity contribution is -0.122. The molecule has 4 rings (SSSR count). The van der Waals surface area contributed by atoms with Crippen LogP contribution in [-0.2, 0) is 22.7 Å². The van der Waals surface area contributed by atoms with Gasteiger partial charge in [-0.1, -0.05) is 37.1 Å². The van der Waals surface area contributed by atoms with Crippen molar-refractivity contribution in [1.82, 2.24) is 15.1 Å². The molecule has 2 aromatic carbocycles. The van der Waals surface area contributed by atoms with Gasteiger partial charge in [0.15, 0.2) is 0 Å². The highest BCUT2D eigenvalue weighted by molar-refractivity contribution is 5.92. The number of rotatable bonds is 6. The van der Waals surface area contributed by atoms with E-state index in [1.807, 2.05) is 24.3 Å². The first-order valence-corrected chi connectivity index (χ1v) is 10.4. The van der Waals surface area contributed by atoms with Gasteiger partial charge in [-0.05, 0) is 42.7 Å². The van der Waals surface area contributed by atoms with Crippen LogP contribution in [0.1, 0.15) is 31.2 Å². The van der Waals surface area contributed by atoms with E-state index < -0.39 is 17.0 Å². The standard InChI is InChI=1S/C23H24N4O4/c28-20(14-27-23(31)19-11-4-3-10-18(19)22(30)26-27)24-13-15-6-5-9-17(12-15)25-21(29)16-7-1-2-8-16/h3-6,9-12,16H,1-2,7-8,13-14H2,(H,24,28)(H,25,29)(H,26,30). The molecule has 8 nitrogen and oxygen atoms in total. The van der Waals surface area contributed by atoms with Crippen LogP contribution in [0.3, 0.4) is 0 Å². The van der Waals surface area contributed by atoms with Gasteiger partial charge in [-0.2, -0.15) is 0 Å². The van der Waals surface area contributed by atoms with Gasteiger partial charge in [0.2, 0.25) is 11.8 Å². The number of amides is 2. The molecular formula is C23H24N4O4. The van der Waals surface area contributed by atoms with Gasteiger partial charge in [0.1, 0.15) is 6.54 Å². The molecule has 1 aliphatic rings. The van der Waals surface area contributed by atoms with Gasteiger partial charge in [-0.25, -0.2) is 4.68 Å². The van der Waals surface area contributed by atoms with E-state index in [2.05, 4.69) is 15.7 Å². The van der Waals surface area contributed by atoms with E-state index >= 15 is 0 Å². The van der Waals surface area contributed by atoms with Crippen molar-refractivity contribution >= 4 is 28.3 Å². The number of hydrogen-bond acceptors (Lipinski definition) is 4. The second kappa shape index (κ2) is 8.99. The number of nitrogens with one attached hydrogen (secondary N) is 3. The fourth-order valence-corrected chi connectivity index (χ4v) is 3.95. The summed E-state index contributed by atoms with van der Waals surface area (Å²) in [6.07, 6.45) is 4.04. The number of H-pyrrole nitrogens is 1. The minimum Gasteiger partial charge on any atom is -0.350 e. The Labute approximate surface area is 178 Å². The van der Waals surface area contributed by atoms with Crippen LogP contribution in [0.4, 0.5) is 5.69 Å². The predicted molar refractivity (Wildman–Crippen MR) is 118 cm³/mol. The van der Waals surface area contributed by atoms with Crippen molar-refractivity contribution in [2.75, 3.05) is 5.32 Å². The number of carbonyl (C=O) groups is 2. The fraction of sp³-hybridized carbons (Fsp3) is 0.304. The first-order chi connectivity index (χ1) is 15.0. The normalized spacial score (nSPS) is 13.9. The summed E-state index contributed by atoms with van der Waals surface area (Å²) in [6, 6.07) is 13.8. The van der Waals surface area contributed by atoms with Gasteiger partial charge in [0, 0.05) is 18.2 Å². The average molecular weight is 420 g/mol. The maximum atomic E-state index is 12.5. The second-order valence-electron chi connectivity index (χ2n) is 7.83. The van der Waals surface area contributed by atoms with E-state index in [-0.39, 0.29) is 30.3 Å². The lowest BCUT2D eigenvalue weighted by Crippen LogP contribution is -2.36. The van der Waals surface area contributed by atoms with Crippen LogP contribution in [0.5, 0.6) is 0 Å². The van der Waals surface area contributed by atoms with Gasteiger partial charge < -0.3 is 10.6 Å². The molecule has 3 N–H and O–H groups in total. The maximum Gasteiger partial charge on any atom is 0.273 e. The molecule has 0 unspecified atom stereocenters. The van der Waals surface area contributed by atoms with Gasteiger partial charge in [0.25, 0.3) is 11.1 Å². The van der Waals surface area contributed by atoms with Crippen molar-refractivity contribution in [1.29, 1.82) is 0 Å². The molecule has 1 aliphatic carbocycles. The molecule has 3 aromatic rings. The number of aromatic amines is 1. The van der Waals surface area contributed by atoms with E-state index in [9.17, 15) is 19.2 Å². The van der Waals surface area contributed by atoms with Crippen LogP contribution >= 0.6 is 0 Å². The first-order valence-electron chi connectivity index (χ1n) is 10.4. The summed E-state index contributed by atoms with van der Waals surface area (Å²) < 4.78 is 1.01. The summed E-state index contributed by atoms with van der Waals surface area (Å²) in [4.78, 5) is 49.3. The molecule has 0 saturated heterocycles. The Balaban J connectivity index is 1.39. The number of nitrogens with zero attached hydrogens (tertiary/aromatic N) is 1. The third-order valence-electron chi connectivity index (χ3n) is 5.60. The van der Waals surface area contributed by atoms with Gasteiger partial charge in [-0.15, -0.1) is 0 Å². The fourth-order valence-electron chi connectivity index (χ4n) is 3.95. The maximum absolute atomic E-state index is 12.5. The van der Waals surface area contributed by atoms with Gasteiger partial charge >= 0.3 is 0 Å². The monoisotopic (exact) mass is 420 g/mol. The number of carbonyl (C=O) groups excluding carboxylic acids is 2. The zero-order chi connectivity index (χ0) is 21.8. The Morgan fingerprint density at radius 1 is 1.00 bits per heavy atom. The van der Waals surface area contributed by atoms with Crippen LogP contribution in [0.15, 0.2) is 58.1 Å². The lowest BCUT2D eigenvalue weighted by atomic mass is 10.1. The van der Waals surface area contributed by atoms with Crippen molar-refractivity contribution in [2.45, 2.75) is 38.8 Å². The number of aromatic nitrogens is 2. The first kappa shape index (κ1) is 20.6. The molecule has 0 bridgehead atoms. The zero-order valence-corrected chi connectivity index (χ0v) is 17.0. The lowest BCUT2D eigenvalue weighted by Gasteiger charge is -2.12. The topological polar surface area (TPSA) is 113 Å². The summed E-state index contributed by atoms with van der Waals surface area (Å²) in [7, 11) is 0. The molecule has 1 saturated carbocycles. The van der Waals surface area contributed by atoms with Crippen LogP contribution < -0.4 is 21.8 Å². The Morgan fingerprint density at radius 2 is 1.74 bits per heavy atom. The second-order valence-corrected chi connectivity index (χ2v) is 7.83. The van der Waals surface area contributed by atoms with Crippen molar-refractivity contribution in [3.8, 4) is 0 Å². The van der Waals surface area contributed by atoms with E-state index in [0.717, 1.165) is 35.9 Å². The van der Waals surface area contributed by atoms with E-state index in [1.165, 1.54) is 0 Å². The van der Waals surface area contributed by atoms with E-state index in [1.54, 1.807) is 24.3 Å². The molecule has 0 aliphatic heterocycles. The molecule has 160 valence electrons. The highest BCUT2D eigenvalue weighted by Gasteiger charge is 2.22. The smallest absolute Gasteiger partial charge is 0.273 e. The highest BCUT2D eigenvalue weighted by atomic mass is 16.2. The molecule has 31 heavy (non-hydrogen) atoms. The summed E-state index contributed by atoms with van der Waals surface area (Å²) in [5.74, 6) is -0.294. The quantitative estimate of drug-likeness (QED) is 0.567. The van der Waals surface area contributed by atoms with Crippen LogP contribution in [0.2, 0.25) is 0 Å². The largest absolute Gasteiger partial charge is 0.350 e. The SMILES string of the molecule is O=C(Cn1[nH]c(=O)c2ccccc2c1=O)NCc1cccc(NC(=O)C2CCCC2)c1. The minimum atomic E-state index is -0.429. The van der Waals surface area contributed by atoms with Crippen molar-refractivity contribution in [2.24, 2.45) is 5.92 Å². The summed E-state index contributed by atoms with van der Waals surface area (Å²) >= 11 is 0. The number of fused-ring (bicyclic) bond motifs is 1. The summed E-state index contributed by atoms with van der Waals surface area (Å²) in [5.41, 5.74) is 0.659. The minimum absolute atomic E-state index is 0.0401. The van der Waals surface area contributed by atoms with Crippen LogP contribution in [0.25, 0.3) is 10.8 Å². The number of hydrogen-bond donors (Lipinski definition) is 3. The Kier molecular flexibility index (Phi) is 5.97. The Bertz CT molecular complexity index is 1240. The molecule has 2 amide bonds. The Hall–Kier alpha value is -3.68. The molecular weight excluding hydrogens is 396 g/mol. The molecule has 0 spiro atoms. The third-order valence-corrected chi connectivity index (χ3v) is 5.60. The summed E-state index contributed by atoms with van der Waals surface area (Å²) in [5, 5.41) is 8.70. The average Bonchev–Trinajstić information content (AvgIpc) is 3.31. The van der Waals surface area contributed by atoms with Gasteiger partial charge in [-0.3, -0.25) is 24.3 Å². The van der Waals surface area contributed by atoms with Crippen molar-refractivity contribution < 1.29 is 9.59 Å². The molecule has 1 aromatic heterocycles. The van der Waals surface area contributed by atoms with Crippen LogP contribution in [-0.4, -0.2) is 21.6 Å². The summed E-state index contributed by atoms with van der Waals surface area (Å²) in [6.45, 7) is -0.0600. The number of anilines is 1. The van der Waals surface area contributed by atoms with Gasteiger partial charge in [0.05, 0.1) is 10.8 Å². The molecule has 1 heterocycles. The third kappa shape index (κ3) is 4.74. The van der Waals surface area contributed by atoms with Crippen molar-refractivity contribution in [3.05, 3.63) is 74.8 Å². The molecule has 8 heteroatoms. The molecule has 0 atom stereocenters. The molecule has 1 fully saturated rings. The zero-order valence-electron chi connectivity index (χ0n) is 17.0. The molecule has 0 radical (unpaired) electrons. The van der Waals surface area contributed by atoms with E-state index in [0.29, 0.717) is 11.1 Å². The van der Waals surface area contributed by atoms with E-state index in [4.69, 9.17) is 0 Å². The van der Waals surface area contributed by atoms with Crippen molar-refractivity contribution in [3.63, 3.8) is 0 Å².